The number of aryl methyl sites for hydroxylation is 1. The number of carbonyl (C=O) groups is 1. The van der Waals surface area contributed by atoms with E-state index >= 15 is 0 Å². The summed E-state index contributed by atoms with van der Waals surface area (Å²) in [6, 6.07) is 12.6. The fourth-order valence-corrected chi connectivity index (χ4v) is 2.21. The molecule has 0 atom stereocenters. The maximum absolute atomic E-state index is 12.1. The Morgan fingerprint density at radius 1 is 1.20 bits per heavy atom. The second kappa shape index (κ2) is 6.44. The summed E-state index contributed by atoms with van der Waals surface area (Å²) in [7, 11) is 1.63. The molecule has 0 spiro atoms. The Bertz CT molecular complexity index is 588. The molecule has 2 aromatic carbocycles. The van der Waals surface area contributed by atoms with Gasteiger partial charge in [-0.25, -0.2) is 0 Å². The van der Waals surface area contributed by atoms with Crippen LogP contribution in [0.1, 0.15) is 22.3 Å². The number of ether oxygens (including phenoxy) is 1. The van der Waals surface area contributed by atoms with Crippen molar-refractivity contribution in [1.29, 1.82) is 0 Å². The molecule has 2 N–H and O–H groups in total. The van der Waals surface area contributed by atoms with Gasteiger partial charge in [-0.15, -0.1) is 0 Å². The summed E-state index contributed by atoms with van der Waals surface area (Å²) < 4.78 is 5.09. The summed E-state index contributed by atoms with van der Waals surface area (Å²) in [5.74, 6) is 0.845. The van der Waals surface area contributed by atoms with Gasteiger partial charge >= 0.3 is 0 Å². The maximum Gasteiger partial charge on any atom is 0.163 e. The fourth-order valence-electron chi connectivity index (χ4n) is 1.97. The van der Waals surface area contributed by atoms with Crippen molar-refractivity contribution in [1.82, 2.24) is 0 Å². The maximum atomic E-state index is 12.1. The number of rotatable bonds is 5. The number of hydrogen-bond donors (Lipinski definition) is 1. The van der Waals surface area contributed by atoms with Gasteiger partial charge in [0.05, 0.1) is 7.11 Å². The Hall–Kier alpha value is -2.00. The van der Waals surface area contributed by atoms with Crippen LogP contribution in [-0.2, 0) is 6.42 Å². The van der Waals surface area contributed by atoms with E-state index in [0.29, 0.717) is 29.1 Å². The van der Waals surface area contributed by atoms with Crippen molar-refractivity contribution in [2.45, 2.75) is 12.8 Å². The lowest BCUT2D eigenvalue weighted by molar-refractivity contribution is 0.0983. The smallest absolute Gasteiger partial charge is 0.163 e. The number of ketones is 1. The Balaban J connectivity index is 2.00. The fraction of sp³-hybridized carbons (Fsp3) is 0.188. The highest BCUT2D eigenvalue weighted by Crippen LogP contribution is 2.19. The minimum atomic E-state index is 0.0371. The van der Waals surface area contributed by atoms with Gasteiger partial charge in [-0.1, -0.05) is 23.7 Å². The van der Waals surface area contributed by atoms with Crippen LogP contribution in [0.2, 0.25) is 5.02 Å². The molecule has 0 heterocycles. The first-order chi connectivity index (χ1) is 9.58. The van der Waals surface area contributed by atoms with Crippen LogP contribution in [0.25, 0.3) is 0 Å². The topological polar surface area (TPSA) is 52.3 Å². The summed E-state index contributed by atoms with van der Waals surface area (Å²) in [6.45, 7) is 0. The van der Waals surface area contributed by atoms with Gasteiger partial charge in [-0.3, -0.25) is 4.79 Å². The third-order valence-electron chi connectivity index (χ3n) is 3.04. The van der Waals surface area contributed by atoms with Crippen LogP contribution in [0.15, 0.2) is 42.5 Å². The van der Waals surface area contributed by atoms with E-state index in [0.717, 1.165) is 11.3 Å². The molecule has 20 heavy (non-hydrogen) atoms. The third kappa shape index (κ3) is 3.75. The van der Waals surface area contributed by atoms with Gasteiger partial charge < -0.3 is 10.5 Å². The normalized spacial score (nSPS) is 10.3. The second-order valence-electron chi connectivity index (χ2n) is 4.54. The Kier molecular flexibility index (Phi) is 4.64. The van der Waals surface area contributed by atoms with Gasteiger partial charge in [-0.05, 0) is 42.3 Å². The molecule has 0 saturated carbocycles. The van der Waals surface area contributed by atoms with E-state index in [1.165, 1.54) is 0 Å². The first kappa shape index (κ1) is 14.4. The zero-order chi connectivity index (χ0) is 14.5. The van der Waals surface area contributed by atoms with Gasteiger partial charge in [0.1, 0.15) is 5.75 Å². The molecule has 4 heteroatoms. The largest absolute Gasteiger partial charge is 0.497 e. The lowest BCUT2D eigenvalue weighted by atomic mass is 10.0. The van der Waals surface area contributed by atoms with Crippen molar-refractivity contribution in [3.05, 3.63) is 58.6 Å². The molecular weight excluding hydrogens is 274 g/mol. The van der Waals surface area contributed by atoms with Crippen molar-refractivity contribution in [3.8, 4) is 5.75 Å². The van der Waals surface area contributed by atoms with Crippen LogP contribution in [0.3, 0.4) is 0 Å². The minimum absolute atomic E-state index is 0.0371. The van der Waals surface area contributed by atoms with Gasteiger partial charge in [0.15, 0.2) is 5.78 Å². The Morgan fingerprint density at radius 2 is 1.90 bits per heavy atom. The van der Waals surface area contributed by atoms with Crippen molar-refractivity contribution in [3.63, 3.8) is 0 Å². The van der Waals surface area contributed by atoms with Gasteiger partial charge in [0.25, 0.3) is 0 Å². The first-order valence-corrected chi connectivity index (χ1v) is 6.68. The summed E-state index contributed by atoms with van der Waals surface area (Å²) in [6.07, 6.45) is 1.10. The molecule has 0 saturated heterocycles. The number of methoxy groups -OCH3 is 1. The van der Waals surface area contributed by atoms with Crippen molar-refractivity contribution < 1.29 is 9.53 Å². The van der Waals surface area contributed by atoms with Crippen molar-refractivity contribution in [2.75, 3.05) is 12.8 Å². The van der Waals surface area contributed by atoms with Crippen LogP contribution in [-0.4, -0.2) is 12.9 Å². The van der Waals surface area contributed by atoms with E-state index < -0.39 is 0 Å². The molecule has 0 radical (unpaired) electrons. The summed E-state index contributed by atoms with van der Waals surface area (Å²) in [5, 5.41) is 0.484. The first-order valence-electron chi connectivity index (χ1n) is 6.30. The highest BCUT2D eigenvalue weighted by Gasteiger charge is 2.08. The number of halogens is 1. The molecule has 0 aliphatic heterocycles. The van der Waals surface area contributed by atoms with Gasteiger partial charge in [-0.2, -0.15) is 0 Å². The number of carbonyl (C=O) groups excluding carboxylic acids is 1. The van der Waals surface area contributed by atoms with E-state index in [9.17, 15) is 4.79 Å². The SMILES string of the molecule is COc1ccc(CCC(=O)c2cc(N)cc(Cl)c2)cc1. The van der Waals surface area contributed by atoms with Crippen molar-refractivity contribution in [2.24, 2.45) is 0 Å². The van der Waals surface area contributed by atoms with Crippen LogP contribution >= 0.6 is 11.6 Å². The minimum Gasteiger partial charge on any atom is -0.497 e. The van der Waals surface area contributed by atoms with Gasteiger partial charge in [0.2, 0.25) is 0 Å². The molecule has 3 nitrogen and oxygen atoms in total. The average molecular weight is 290 g/mol. The number of Topliss-reactive ketones (excluding diaryl/α,β-unsaturated/α-hetero) is 1. The molecule has 0 unspecified atom stereocenters. The molecular formula is C16H16ClNO2. The van der Waals surface area contributed by atoms with Gasteiger partial charge in [0, 0.05) is 22.7 Å². The summed E-state index contributed by atoms with van der Waals surface area (Å²) in [4.78, 5) is 12.1. The molecule has 104 valence electrons. The molecule has 2 rings (SSSR count). The molecule has 2 aromatic rings. The van der Waals surface area contributed by atoms with E-state index in [4.69, 9.17) is 22.1 Å². The number of nitrogens with two attached hydrogens (primary N) is 1. The number of nitrogen functional groups attached to an aromatic ring is 1. The van der Waals surface area contributed by atoms with Crippen molar-refractivity contribution >= 4 is 23.1 Å². The van der Waals surface area contributed by atoms with Crippen LogP contribution in [0.5, 0.6) is 5.75 Å². The molecule has 0 bridgehead atoms. The molecule has 0 fully saturated rings. The lowest BCUT2D eigenvalue weighted by Crippen LogP contribution is -2.02. The zero-order valence-corrected chi connectivity index (χ0v) is 12.0. The average Bonchev–Trinajstić information content (AvgIpc) is 2.44. The lowest BCUT2D eigenvalue weighted by Gasteiger charge is -2.05. The predicted octanol–water partition coefficient (Wildman–Crippen LogP) is 3.75. The van der Waals surface area contributed by atoms with Crippen LogP contribution in [0, 0.1) is 0 Å². The molecule has 0 aromatic heterocycles. The molecule has 0 amide bonds. The monoisotopic (exact) mass is 289 g/mol. The second-order valence-corrected chi connectivity index (χ2v) is 4.98. The van der Waals surface area contributed by atoms with E-state index in [2.05, 4.69) is 0 Å². The quantitative estimate of drug-likeness (QED) is 0.674. The van der Waals surface area contributed by atoms with Crippen LogP contribution < -0.4 is 10.5 Å². The highest BCUT2D eigenvalue weighted by molar-refractivity contribution is 6.31. The number of benzene rings is 2. The van der Waals surface area contributed by atoms with E-state index in [1.807, 2.05) is 24.3 Å². The number of hydrogen-bond acceptors (Lipinski definition) is 3. The van der Waals surface area contributed by atoms with E-state index in [-0.39, 0.29) is 5.78 Å². The molecule has 0 aliphatic carbocycles. The predicted molar refractivity (Wildman–Crippen MR) is 81.5 cm³/mol. The number of anilines is 1. The third-order valence-corrected chi connectivity index (χ3v) is 3.26. The summed E-state index contributed by atoms with van der Waals surface area (Å²) in [5.41, 5.74) is 7.84. The van der Waals surface area contributed by atoms with E-state index in [1.54, 1.807) is 25.3 Å². The molecule has 0 aliphatic rings. The standard InChI is InChI=1S/C16H16ClNO2/c1-20-15-5-2-11(3-6-15)4-7-16(19)12-8-13(17)10-14(18)9-12/h2-3,5-6,8-10H,4,7,18H2,1H3. The zero-order valence-electron chi connectivity index (χ0n) is 11.2. The Morgan fingerprint density at radius 3 is 2.50 bits per heavy atom. The van der Waals surface area contributed by atoms with Crippen LogP contribution in [0.4, 0.5) is 5.69 Å². The summed E-state index contributed by atoms with van der Waals surface area (Å²) >= 11 is 5.90. The Labute approximate surface area is 123 Å². The highest BCUT2D eigenvalue weighted by atomic mass is 35.5.